The number of carboxylic acid groups (broad SMARTS) is 1. The van der Waals surface area contributed by atoms with E-state index in [-0.39, 0.29) is 28.6 Å². The molecule has 0 unspecified atom stereocenters. The number of amides is 1. The van der Waals surface area contributed by atoms with Gasteiger partial charge < -0.3 is 10.4 Å². The molecule has 0 bridgehead atoms. The van der Waals surface area contributed by atoms with Crippen LogP contribution in [-0.2, 0) is 11.2 Å². The zero-order valence-electron chi connectivity index (χ0n) is 10.8. The molecule has 0 aliphatic rings. The fraction of sp³-hybridized carbons (Fsp3) is 0.0667. The highest BCUT2D eigenvalue weighted by molar-refractivity contribution is 6.34. The topological polar surface area (TPSA) is 66.4 Å². The number of hydrogen-bond donors (Lipinski definition) is 2. The predicted molar refractivity (Wildman–Crippen MR) is 82.2 cm³/mol. The quantitative estimate of drug-likeness (QED) is 0.897. The molecule has 2 aromatic rings. The summed E-state index contributed by atoms with van der Waals surface area (Å²) in [4.78, 5) is 22.9. The van der Waals surface area contributed by atoms with E-state index in [0.717, 1.165) is 5.56 Å². The summed E-state index contributed by atoms with van der Waals surface area (Å²) in [6.07, 6.45) is 0.144. The number of carbonyl (C=O) groups is 2. The number of rotatable bonds is 4. The molecular weight excluding hydrogens is 313 g/mol. The van der Waals surface area contributed by atoms with Crippen molar-refractivity contribution in [2.75, 3.05) is 5.32 Å². The maximum absolute atomic E-state index is 11.9. The van der Waals surface area contributed by atoms with Crippen LogP contribution in [0.25, 0.3) is 0 Å². The highest BCUT2D eigenvalue weighted by Gasteiger charge is 2.10. The van der Waals surface area contributed by atoms with Crippen LogP contribution in [0.15, 0.2) is 42.5 Å². The van der Waals surface area contributed by atoms with Gasteiger partial charge in [-0.3, -0.25) is 4.79 Å². The number of carboxylic acids is 1. The number of aromatic carboxylic acids is 1. The molecule has 2 N–H and O–H groups in total. The summed E-state index contributed by atoms with van der Waals surface area (Å²) in [7, 11) is 0. The predicted octanol–water partition coefficient (Wildman–Crippen LogP) is 3.87. The Labute approximate surface area is 131 Å². The van der Waals surface area contributed by atoms with Crippen LogP contribution in [-0.4, -0.2) is 17.0 Å². The van der Waals surface area contributed by atoms with Gasteiger partial charge in [0.05, 0.1) is 22.7 Å². The monoisotopic (exact) mass is 323 g/mol. The van der Waals surface area contributed by atoms with E-state index in [2.05, 4.69) is 5.32 Å². The number of nitrogens with one attached hydrogen (secondary N) is 1. The maximum atomic E-state index is 11.9. The lowest BCUT2D eigenvalue weighted by Crippen LogP contribution is -2.15. The minimum absolute atomic E-state index is 0.0567. The molecule has 0 aliphatic heterocycles. The van der Waals surface area contributed by atoms with Gasteiger partial charge in [-0.15, -0.1) is 0 Å². The number of anilines is 1. The molecule has 0 spiro atoms. The second-order valence-electron chi connectivity index (χ2n) is 4.35. The van der Waals surface area contributed by atoms with Crippen LogP contribution in [0.2, 0.25) is 10.0 Å². The Hall–Kier alpha value is -2.04. The van der Waals surface area contributed by atoms with Crippen molar-refractivity contribution < 1.29 is 14.7 Å². The number of hydrogen-bond acceptors (Lipinski definition) is 2. The first-order chi connectivity index (χ1) is 9.95. The van der Waals surface area contributed by atoms with E-state index < -0.39 is 5.97 Å². The molecule has 0 fully saturated rings. The first-order valence-electron chi connectivity index (χ1n) is 6.03. The summed E-state index contributed by atoms with van der Waals surface area (Å²) in [6, 6.07) is 11.0. The van der Waals surface area contributed by atoms with Crippen molar-refractivity contribution in [3.05, 3.63) is 63.6 Å². The third-order valence-electron chi connectivity index (χ3n) is 2.77. The highest BCUT2D eigenvalue weighted by atomic mass is 35.5. The smallest absolute Gasteiger partial charge is 0.335 e. The third kappa shape index (κ3) is 4.21. The summed E-state index contributed by atoms with van der Waals surface area (Å²) in [5, 5.41) is 12.4. The molecule has 2 rings (SSSR count). The molecule has 0 aromatic heterocycles. The van der Waals surface area contributed by atoms with E-state index in [9.17, 15) is 9.59 Å². The summed E-state index contributed by atoms with van der Waals surface area (Å²) in [5.74, 6) is -1.37. The molecule has 6 heteroatoms. The van der Waals surface area contributed by atoms with Gasteiger partial charge >= 0.3 is 5.97 Å². The fourth-order valence-electron chi connectivity index (χ4n) is 1.74. The summed E-state index contributed by atoms with van der Waals surface area (Å²) in [5.41, 5.74) is 1.12. The highest BCUT2D eigenvalue weighted by Crippen LogP contribution is 2.23. The Morgan fingerprint density at radius 3 is 2.33 bits per heavy atom. The molecule has 0 heterocycles. The van der Waals surface area contributed by atoms with Crippen LogP contribution in [0.3, 0.4) is 0 Å². The van der Waals surface area contributed by atoms with Crippen LogP contribution in [0, 0.1) is 0 Å². The van der Waals surface area contributed by atoms with Crippen molar-refractivity contribution in [2.24, 2.45) is 0 Å². The molecule has 0 radical (unpaired) electrons. The summed E-state index contributed by atoms with van der Waals surface area (Å²) < 4.78 is 0. The van der Waals surface area contributed by atoms with Crippen molar-refractivity contribution in [2.45, 2.75) is 6.42 Å². The van der Waals surface area contributed by atoms with E-state index in [1.54, 1.807) is 24.3 Å². The third-order valence-corrected chi connectivity index (χ3v) is 3.35. The first-order valence-corrected chi connectivity index (χ1v) is 6.78. The van der Waals surface area contributed by atoms with Gasteiger partial charge in [0, 0.05) is 5.02 Å². The fourth-order valence-corrected chi connectivity index (χ4v) is 2.03. The maximum Gasteiger partial charge on any atom is 0.335 e. The molecule has 108 valence electrons. The largest absolute Gasteiger partial charge is 0.478 e. The summed E-state index contributed by atoms with van der Waals surface area (Å²) in [6.45, 7) is 0. The lowest BCUT2D eigenvalue weighted by Gasteiger charge is -2.08. The molecule has 0 aliphatic carbocycles. The second kappa shape index (κ2) is 6.61. The molecule has 0 atom stereocenters. The second-order valence-corrected chi connectivity index (χ2v) is 5.19. The van der Waals surface area contributed by atoms with Gasteiger partial charge in [-0.2, -0.15) is 0 Å². The normalized spacial score (nSPS) is 10.2. The zero-order valence-corrected chi connectivity index (χ0v) is 12.3. The van der Waals surface area contributed by atoms with Crippen molar-refractivity contribution in [1.29, 1.82) is 0 Å². The SMILES string of the molecule is O=C(Cc1ccc(Cl)cc1)Nc1cc(C(=O)O)ccc1Cl. The van der Waals surface area contributed by atoms with E-state index >= 15 is 0 Å². The van der Waals surface area contributed by atoms with Gasteiger partial charge in [0.25, 0.3) is 0 Å². The minimum Gasteiger partial charge on any atom is -0.478 e. The Morgan fingerprint density at radius 1 is 1.05 bits per heavy atom. The molecule has 2 aromatic carbocycles. The number of halogens is 2. The molecule has 4 nitrogen and oxygen atoms in total. The number of carbonyl (C=O) groups excluding carboxylic acids is 1. The van der Waals surface area contributed by atoms with Crippen molar-refractivity contribution in [1.82, 2.24) is 0 Å². The Kier molecular flexibility index (Phi) is 4.83. The van der Waals surface area contributed by atoms with Crippen molar-refractivity contribution in [3.8, 4) is 0 Å². The Bertz CT molecular complexity index is 684. The van der Waals surface area contributed by atoms with E-state index in [4.69, 9.17) is 28.3 Å². The Morgan fingerprint density at radius 2 is 1.71 bits per heavy atom. The van der Waals surface area contributed by atoms with E-state index in [0.29, 0.717) is 5.02 Å². The van der Waals surface area contributed by atoms with Gasteiger partial charge in [0.1, 0.15) is 0 Å². The lowest BCUT2D eigenvalue weighted by atomic mass is 10.1. The molecule has 0 saturated heterocycles. The van der Waals surface area contributed by atoms with Crippen molar-refractivity contribution in [3.63, 3.8) is 0 Å². The van der Waals surface area contributed by atoms with E-state index in [1.807, 2.05) is 0 Å². The van der Waals surface area contributed by atoms with E-state index in [1.165, 1.54) is 18.2 Å². The Balaban J connectivity index is 2.10. The molecule has 21 heavy (non-hydrogen) atoms. The van der Waals surface area contributed by atoms with Crippen LogP contribution >= 0.6 is 23.2 Å². The standard InChI is InChI=1S/C15H11Cl2NO3/c16-11-4-1-9(2-5-11)7-14(19)18-13-8-10(15(20)21)3-6-12(13)17/h1-6,8H,7H2,(H,18,19)(H,20,21). The van der Waals surface area contributed by atoms with Gasteiger partial charge in [-0.1, -0.05) is 35.3 Å². The lowest BCUT2D eigenvalue weighted by molar-refractivity contribution is -0.115. The van der Waals surface area contributed by atoms with Crippen LogP contribution in [0.4, 0.5) is 5.69 Å². The van der Waals surface area contributed by atoms with Crippen LogP contribution < -0.4 is 5.32 Å². The molecule has 0 saturated carbocycles. The number of benzene rings is 2. The van der Waals surface area contributed by atoms with Crippen molar-refractivity contribution >= 4 is 40.8 Å². The summed E-state index contributed by atoms with van der Waals surface area (Å²) >= 11 is 11.7. The van der Waals surface area contributed by atoms with Gasteiger partial charge in [0.2, 0.25) is 5.91 Å². The van der Waals surface area contributed by atoms with Gasteiger partial charge in [-0.25, -0.2) is 4.79 Å². The first kappa shape index (κ1) is 15.4. The average molecular weight is 324 g/mol. The van der Waals surface area contributed by atoms with Gasteiger partial charge in [0.15, 0.2) is 0 Å². The van der Waals surface area contributed by atoms with Gasteiger partial charge in [-0.05, 0) is 35.9 Å². The van der Waals surface area contributed by atoms with Crippen LogP contribution in [0.5, 0.6) is 0 Å². The zero-order chi connectivity index (χ0) is 15.4. The molecule has 1 amide bonds. The minimum atomic E-state index is -1.08. The average Bonchev–Trinajstić information content (AvgIpc) is 2.43. The molecular formula is C15H11Cl2NO3. The van der Waals surface area contributed by atoms with Crippen LogP contribution in [0.1, 0.15) is 15.9 Å².